The number of nitrogens with two attached hydrogens (primary N) is 1. The molecule has 0 amide bonds. The predicted octanol–water partition coefficient (Wildman–Crippen LogP) is 1.09. The van der Waals surface area contributed by atoms with Gasteiger partial charge in [0.1, 0.15) is 0 Å². The maximum absolute atomic E-state index is 12.3. The molecule has 0 aliphatic carbocycles. The van der Waals surface area contributed by atoms with Gasteiger partial charge in [-0.3, -0.25) is 4.79 Å². The van der Waals surface area contributed by atoms with Crippen LogP contribution in [0.3, 0.4) is 0 Å². The Kier molecular flexibility index (Phi) is 4.59. The van der Waals surface area contributed by atoms with E-state index in [0.29, 0.717) is 6.54 Å². The van der Waals surface area contributed by atoms with Crippen LogP contribution < -0.4 is 11.3 Å². The van der Waals surface area contributed by atoms with Crippen LogP contribution in [0.2, 0.25) is 0 Å². The number of hydrogen-bond donors (Lipinski definition) is 1. The number of benzene rings is 1. The minimum Gasteiger partial charge on any atom is -0.326 e. The normalized spacial score (nSPS) is 11.5. The molecule has 2 rings (SSSR count). The minimum absolute atomic E-state index is 0.111. The summed E-state index contributed by atoms with van der Waals surface area (Å²) in [4.78, 5) is 12.0. The first-order valence-corrected chi connectivity index (χ1v) is 8.27. The summed E-state index contributed by atoms with van der Waals surface area (Å²) in [5.41, 5.74) is 6.92. The van der Waals surface area contributed by atoms with Crippen LogP contribution in [-0.2, 0) is 22.9 Å². The average molecular weight is 306 g/mol. The Hall–Kier alpha value is -1.92. The molecular weight excluding hydrogens is 288 g/mol. The Morgan fingerprint density at radius 2 is 1.76 bits per heavy atom. The summed E-state index contributed by atoms with van der Waals surface area (Å²) in [5.74, 6) is -0.111. The highest BCUT2D eigenvalue weighted by Crippen LogP contribution is 2.13. The second-order valence-corrected chi connectivity index (χ2v) is 6.93. The van der Waals surface area contributed by atoms with Gasteiger partial charge in [0.2, 0.25) is 0 Å². The van der Waals surface area contributed by atoms with Crippen molar-refractivity contribution in [1.82, 2.24) is 4.57 Å². The van der Waals surface area contributed by atoms with E-state index in [-0.39, 0.29) is 22.8 Å². The third-order valence-electron chi connectivity index (χ3n) is 3.37. The van der Waals surface area contributed by atoms with Gasteiger partial charge in [-0.1, -0.05) is 18.2 Å². The Morgan fingerprint density at radius 1 is 1.10 bits per heavy atom. The molecule has 0 saturated heterocycles. The SMILES string of the molecule is Cc1cccc(=O)n1CCS(=O)(=O)c1ccc(CN)cc1. The molecule has 0 atom stereocenters. The minimum atomic E-state index is -3.42. The van der Waals surface area contributed by atoms with E-state index in [1.165, 1.54) is 10.6 Å². The van der Waals surface area contributed by atoms with Crippen molar-refractivity contribution in [2.45, 2.75) is 24.9 Å². The number of aryl methyl sites for hydroxylation is 1. The lowest BCUT2D eigenvalue weighted by molar-refractivity contribution is 0.585. The molecule has 0 aliphatic heterocycles. The molecule has 1 aromatic heterocycles. The third-order valence-corrected chi connectivity index (χ3v) is 5.08. The molecule has 112 valence electrons. The number of pyridine rings is 1. The highest BCUT2D eigenvalue weighted by atomic mass is 32.2. The van der Waals surface area contributed by atoms with Gasteiger partial charge in [0, 0.05) is 24.8 Å². The fourth-order valence-electron chi connectivity index (χ4n) is 2.07. The summed E-state index contributed by atoms with van der Waals surface area (Å²) >= 11 is 0. The van der Waals surface area contributed by atoms with Crippen LogP contribution in [0.25, 0.3) is 0 Å². The van der Waals surface area contributed by atoms with Crippen LogP contribution in [0.15, 0.2) is 52.2 Å². The number of hydrogen-bond acceptors (Lipinski definition) is 4. The lowest BCUT2D eigenvalue weighted by Gasteiger charge is -2.10. The number of aromatic nitrogens is 1. The fourth-order valence-corrected chi connectivity index (χ4v) is 3.28. The fraction of sp³-hybridized carbons (Fsp3) is 0.267. The Balaban J connectivity index is 2.19. The van der Waals surface area contributed by atoms with E-state index in [1.807, 2.05) is 0 Å². The first-order chi connectivity index (χ1) is 9.94. The lowest BCUT2D eigenvalue weighted by atomic mass is 10.2. The quantitative estimate of drug-likeness (QED) is 0.896. The van der Waals surface area contributed by atoms with E-state index >= 15 is 0 Å². The highest BCUT2D eigenvalue weighted by molar-refractivity contribution is 7.91. The zero-order valence-electron chi connectivity index (χ0n) is 11.8. The topological polar surface area (TPSA) is 82.2 Å². The summed E-state index contributed by atoms with van der Waals surface area (Å²) < 4.78 is 26.0. The van der Waals surface area contributed by atoms with E-state index in [0.717, 1.165) is 11.3 Å². The van der Waals surface area contributed by atoms with Gasteiger partial charge >= 0.3 is 0 Å². The van der Waals surface area contributed by atoms with Crippen LogP contribution in [0.4, 0.5) is 0 Å². The molecule has 0 saturated carbocycles. The highest BCUT2D eigenvalue weighted by Gasteiger charge is 2.15. The summed E-state index contributed by atoms with van der Waals surface area (Å²) in [5, 5.41) is 0. The molecule has 2 N–H and O–H groups in total. The molecule has 0 aliphatic rings. The molecule has 21 heavy (non-hydrogen) atoms. The third kappa shape index (κ3) is 3.59. The van der Waals surface area contributed by atoms with Crippen LogP contribution in [0.5, 0.6) is 0 Å². The summed E-state index contributed by atoms with van der Waals surface area (Å²) in [6.45, 7) is 2.30. The first kappa shape index (κ1) is 15.5. The molecular formula is C15H18N2O3S. The zero-order chi connectivity index (χ0) is 15.5. The largest absolute Gasteiger partial charge is 0.326 e. The Labute approximate surface area is 124 Å². The van der Waals surface area contributed by atoms with Crippen molar-refractivity contribution in [3.05, 3.63) is 64.1 Å². The smallest absolute Gasteiger partial charge is 0.250 e. The van der Waals surface area contributed by atoms with Gasteiger partial charge in [-0.25, -0.2) is 8.42 Å². The summed E-state index contributed by atoms with van der Waals surface area (Å²) in [7, 11) is -3.42. The van der Waals surface area contributed by atoms with Gasteiger partial charge in [-0.05, 0) is 30.7 Å². The van der Waals surface area contributed by atoms with Crippen LogP contribution in [-0.4, -0.2) is 18.7 Å². The molecule has 0 radical (unpaired) electrons. The molecule has 1 aromatic carbocycles. The molecule has 0 bridgehead atoms. The van der Waals surface area contributed by atoms with Gasteiger partial charge in [-0.15, -0.1) is 0 Å². The summed E-state index contributed by atoms with van der Waals surface area (Å²) in [6, 6.07) is 11.4. The molecule has 5 nitrogen and oxygen atoms in total. The molecule has 6 heteroatoms. The number of sulfone groups is 1. The second-order valence-electron chi connectivity index (χ2n) is 4.82. The van der Waals surface area contributed by atoms with Gasteiger partial charge in [0.15, 0.2) is 9.84 Å². The van der Waals surface area contributed by atoms with Crippen molar-refractivity contribution in [2.24, 2.45) is 5.73 Å². The molecule has 0 fully saturated rings. The maximum atomic E-state index is 12.3. The zero-order valence-corrected chi connectivity index (χ0v) is 12.6. The van der Waals surface area contributed by atoms with Crippen molar-refractivity contribution in [1.29, 1.82) is 0 Å². The second kappa shape index (κ2) is 6.24. The first-order valence-electron chi connectivity index (χ1n) is 6.62. The van der Waals surface area contributed by atoms with Crippen molar-refractivity contribution in [3.8, 4) is 0 Å². The van der Waals surface area contributed by atoms with E-state index in [9.17, 15) is 13.2 Å². The van der Waals surface area contributed by atoms with Gasteiger partial charge < -0.3 is 10.3 Å². The molecule has 0 spiro atoms. The Morgan fingerprint density at radius 3 is 2.33 bits per heavy atom. The van der Waals surface area contributed by atoms with Crippen LogP contribution in [0, 0.1) is 6.92 Å². The maximum Gasteiger partial charge on any atom is 0.250 e. The number of nitrogens with zero attached hydrogens (tertiary/aromatic N) is 1. The molecule has 0 unspecified atom stereocenters. The number of rotatable bonds is 5. The van der Waals surface area contributed by atoms with E-state index in [4.69, 9.17) is 5.73 Å². The average Bonchev–Trinajstić information content (AvgIpc) is 2.47. The van der Waals surface area contributed by atoms with Gasteiger partial charge in [0.25, 0.3) is 5.56 Å². The van der Waals surface area contributed by atoms with E-state index < -0.39 is 9.84 Å². The Bertz CT molecular complexity index is 777. The van der Waals surface area contributed by atoms with E-state index in [2.05, 4.69) is 0 Å². The van der Waals surface area contributed by atoms with Crippen LogP contribution >= 0.6 is 0 Å². The predicted molar refractivity (Wildman–Crippen MR) is 81.8 cm³/mol. The van der Waals surface area contributed by atoms with Crippen molar-refractivity contribution in [3.63, 3.8) is 0 Å². The standard InChI is InChI=1S/C15H18N2O3S/c1-12-3-2-4-15(18)17(12)9-10-21(19,20)14-7-5-13(11-16)6-8-14/h2-8H,9-11,16H2,1H3. The van der Waals surface area contributed by atoms with E-state index in [1.54, 1.807) is 43.3 Å². The van der Waals surface area contributed by atoms with Crippen LogP contribution in [0.1, 0.15) is 11.3 Å². The van der Waals surface area contributed by atoms with Crippen molar-refractivity contribution >= 4 is 9.84 Å². The van der Waals surface area contributed by atoms with Crippen molar-refractivity contribution < 1.29 is 8.42 Å². The monoisotopic (exact) mass is 306 g/mol. The molecule has 1 heterocycles. The van der Waals surface area contributed by atoms with Gasteiger partial charge in [0.05, 0.1) is 10.6 Å². The lowest BCUT2D eigenvalue weighted by Crippen LogP contribution is -2.25. The van der Waals surface area contributed by atoms with Crippen molar-refractivity contribution in [2.75, 3.05) is 5.75 Å². The molecule has 2 aromatic rings. The van der Waals surface area contributed by atoms with Gasteiger partial charge in [-0.2, -0.15) is 0 Å². The summed E-state index contributed by atoms with van der Waals surface area (Å²) in [6.07, 6.45) is 0.